The molecule has 1 heterocycles. The number of carbonyl (C=O) groups excluding carboxylic acids is 1. The van der Waals surface area contributed by atoms with Crippen molar-refractivity contribution in [1.82, 2.24) is 14.7 Å². The van der Waals surface area contributed by atoms with Gasteiger partial charge in [0.2, 0.25) is 5.91 Å². The van der Waals surface area contributed by atoms with Crippen LogP contribution in [0.5, 0.6) is 0 Å². The number of amides is 1. The van der Waals surface area contributed by atoms with Gasteiger partial charge < -0.3 is 4.90 Å². The number of likely N-dealkylation sites (N-methyl/N-ethyl adjacent to an activating group) is 1. The Morgan fingerprint density at radius 3 is 2.73 bits per heavy atom. The van der Waals surface area contributed by atoms with Gasteiger partial charge in [0.15, 0.2) is 0 Å². The molecular weight excluding hydrogens is 390 g/mol. The van der Waals surface area contributed by atoms with Gasteiger partial charge in [-0.15, -0.1) is 0 Å². The first kappa shape index (κ1) is 18.1. The van der Waals surface area contributed by atoms with Crippen molar-refractivity contribution in [3.05, 3.63) is 94.2 Å². The van der Waals surface area contributed by atoms with Gasteiger partial charge in [-0.1, -0.05) is 58.4 Å². The second-order valence-corrected chi connectivity index (χ2v) is 7.03. The van der Waals surface area contributed by atoms with Gasteiger partial charge in [0.25, 0.3) is 0 Å². The quantitative estimate of drug-likeness (QED) is 0.567. The van der Waals surface area contributed by atoms with E-state index < -0.39 is 0 Å². The summed E-state index contributed by atoms with van der Waals surface area (Å²) >= 11 is 3.43. The van der Waals surface area contributed by atoms with Crippen LogP contribution in [0.15, 0.2) is 77.5 Å². The van der Waals surface area contributed by atoms with Crippen molar-refractivity contribution in [2.24, 2.45) is 0 Å². The molecule has 0 aliphatic heterocycles. The van der Waals surface area contributed by atoms with Crippen LogP contribution in [0.3, 0.4) is 0 Å². The molecule has 0 saturated carbocycles. The summed E-state index contributed by atoms with van der Waals surface area (Å²) in [6, 6.07) is 18.0. The summed E-state index contributed by atoms with van der Waals surface area (Å²) < 4.78 is 2.88. The van der Waals surface area contributed by atoms with E-state index in [-0.39, 0.29) is 5.91 Å². The molecule has 5 heteroatoms. The Balaban J connectivity index is 1.57. The van der Waals surface area contributed by atoms with Crippen LogP contribution in [0.4, 0.5) is 0 Å². The number of hydrogen-bond acceptors (Lipinski definition) is 2. The summed E-state index contributed by atoms with van der Waals surface area (Å²) in [6.45, 7) is 1.25. The topological polar surface area (TPSA) is 38.1 Å². The van der Waals surface area contributed by atoms with Crippen LogP contribution in [0, 0.1) is 0 Å². The molecule has 3 aromatic rings. The third kappa shape index (κ3) is 5.17. The van der Waals surface area contributed by atoms with Gasteiger partial charge in [0.05, 0.1) is 12.7 Å². The van der Waals surface area contributed by atoms with E-state index in [9.17, 15) is 4.79 Å². The van der Waals surface area contributed by atoms with Gasteiger partial charge >= 0.3 is 0 Å². The first-order valence-corrected chi connectivity index (χ1v) is 9.13. The number of carbonyl (C=O) groups is 1. The van der Waals surface area contributed by atoms with Crippen LogP contribution in [0.1, 0.15) is 16.7 Å². The molecule has 0 aliphatic carbocycles. The minimum Gasteiger partial charge on any atom is -0.338 e. The van der Waals surface area contributed by atoms with Gasteiger partial charge in [0, 0.05) is 35.9 Å². The lowest BCUT2D eigenvalue weighted by Crippen LogP contribution is -2.23. The lowest BCUT2D eigenvalue weighted by Gasteiger charge is -2.13. The van der Waals surface area contributed by atoms with E-state index in [4.69, 9.17) is 0 Å². The average Bonchev–Trinajstić information content (AvgIpc) is 3.07. The largest absolute Gasteiger partial charge is 0.338 e. The Kier molecular flexibility index (Phi) is 6.02. The molecule has 3 rings (SSSR count). The van der Waals surface area contributed by atoms with E-state index in [1.54, 1.807) is 18.0 Å². The van der Waals surface area contributed by atoms with Crippen LogP contribution >= 0.6 is 15.9 Å². The molecular formula is C21H20BrN3O. The zero-order chi connectivity index (χ0) is 18.4. The van der Waals surface area contributed by atoms with E-state index >= 15 is 0 Å². The first-order valence-electron chi connectivity index (χ1n) is 8.34. The van der Waals surface area contributed by atoms with Crippen LogP contribution in [0.25, 0.3) is 6.08 Å². The van der Waals surface area contributed by atoms with Crippen molar-refractivity contribution in [3.63, 3.8) is 0 Å². The standard InChI is InChI=1S/C21H20BrN3O/c1-24(21(26)11-10-17-8-5-9-20(22)12-17)14-19-13-23-25(16-19)15-18-6-3-2-4-7-18/h2-13,16H,14-15H2,1H3/b11-10+. The Morgan fingerprint density at radius 2 is 1.96 bits per heavy atom. The van der Waals surface area contributed by atoms with Crippen molar-refractivity contribution in [2.75, 3.05) is 7.05 Å². The van der Waals surface area contributed by atoms with E-state index in [0.717, 1.165) is 22.1 Å². The summed E-state index contributed by atoms with van der Waals surface area (Å²) in [5.74, 6) is -0.0409. The molecule has 4 nitrogen and oxygen atoms in total. The summed E-state index contributed by atoms with van der Waals surface area (Å²) in [6.07, 6.45) is 7.21. The molecule has 0 unspecified atom stereocenters. The van der Waals surface area contributed by atoms with Crippen LogP contribution in [-0.4, -0.2) is 27.6 Å². The van der Waals surface area contributed by atoms with Crippen molar-refractivity contribution in [2.45, 2.75) is 13.1 Å². The second-order valence-electron chi connectivity index (χ2n) is 6.11. The summed E-state index contributed by atoms with van der Waals surface area (Å²) in [5, 5.41) is 4.38. The van der Waals surface area contributed by atoms with Crippen LogP contribution < -0.4 is 0 Å². The van der Waals surface area contributed by atoms with E-state index in [1.165, 1.54) is 5.56 Å². The minimum absolute atomic E-state index is 0.0409. The molecule has 0 N–H and O–H groups in total. The van der Waals surface area contributed by atoms with Crippen molar-refractivity contribution in [1.29, 1.82) is 0 Å². The summed E-state index contributed by atoms with van der Waals surface area (Å²) in [7, 11) is 1.79. The third-order valence-corrected chi connectivity index (χ3v) is 4.43. The van der Waals surface area contributed by atoms with Crippen molar-refractivity contribution < 1.29 is 4.79 Å². The molecule has 132 valence electrons. The molecule has 0 bridgehead atoms. The zero-order valence-corrected chi connectivity index (χ0v) is 16.1. The van der Waals surface area contributed by atoms with E-state index in [2.05, 4.69) is 33.2 Å². The normalized spacial score (nSPS) is 11.0. The maximum Gasteiger partial charge on any atom is 0.246 e. The highest BCUT2D eigenvalue weighted by Crippen LogP contribution is 2.13. The molecule has 1 amide bonds. The number of nitrogens with zero attached hydrogens (tertiary/aromatic N) is 3. The van der Waals surface area contributed by atoms with Gasteiger partial charge in [-0.3, -0.25) is 9.48 Å². The Labute approximate surface area is 161 Å². The Morgan fingerprint density at radius 1 is 1.15 bits per heavy atom. The highest BCUT2D eigenvalue weighted by Gasteiger charge is 2.08. The highest BCUT2D eigenvalue weighted by atomic mass is 79.9. The van der Waals surface area contributed by atoms with Crippen molar-refractivity contribution in [3.8, 4) is 0 Å². The van der Waals surface area contributed by atoms with Gasteiger partial charge in [-0.25, -0.2) is 0 Å². The molecule has 0 spiro atoms. The smallest absolute Gasteiger partial charge is 0.246 e. The Bertz CT molecular complexity index is 902. The van der Waals surface area contributed by atoms with Gasteiger partial charge in [-0.2, -0.15) is 5.10 Å². The van der Waals surface area contributed by atoms with Gasteiger partial charge in [0.1, 0.15) is 0 Å². The van der Waals surface area contributed by atoms with Crippen LogP contribution in [0.2, 0.25) is 0 Å². The Hall–Kier alpha value is -2.66. The predicted octanol–water partition coefficient (Wildman–Crippen LogP) is 4.37. The number of halogens is 1. The average molecular weight is 410 g/mol. The number of aromatic nitrogens is 2. The van der Waals surface area contributed by atoms with E-state index in [0.29, 0.717) is 6.54 Å². The highest BCUT2D eigenvalue weighted by molar-refractivity contribution is 9.10. The fourth-order valence-corrected chi connectivity index (χ4v) is 3.02. The zero-order valence-electron chi connectivity index (χ0n) is 14.5. The maximum absolute atomic E-state index is 12.3. The minimum atomic E-state index is -0.0409. The lowest BCUT2D eigenvalue weighted by molar-refractivity contribution is -0.125. The molecule has 0 saturated heterocycles. The molecule has 0 radical (unpaired) electrons. The van der Waals surface area contributed by atoms with Crippen LogP contribution in [-0.2, 0) is 17.9 Å². The fourth-order valence-electron chi connectivity index (χ4n) is 2.60. The SMILES string of the molecule is CN(Cc1cnn(Cc2ccccc2)c1)C(=O)/C=C/c1cccc(Br)c1. The van der Waals surface area contributed by atoms with Gasteiger partial charge in [-0.05, 0) is 29.3 Å². The second kappa shape index (κ2) is 8.63. The van der Waals surface area contributed by atoms with Crippen molar-refractivity contribution >= 4 is 27.9 Å². The predicted molar refractivity (Wildman–Crippen MR) is 107 cm³/mol. The molecule has 0 atom stereocenters. The molecule has 2 aromatic carbocycles. The summed E-state index contributed by atoms with van der Waals surface area (Å²) in [4.78, 5) is 14.0. The molecule has 0 aliphatic rings. The number of rotatable bonds is 6. The van der Waals surface area contributed by atoms with E-state index in [1.807, 2.05) is 65.6 Å². The fraction of sp³-hybridized carbons (Fsp3) is 0.143. The third-order valence-electron chi connectivity index (χ3n) is 3.94. The summed E-state index contributed by atoms with van der Waals surface area (Å²) in [5.41, 5.74) is 3.19. The number of hydrogen-bond donors (Lipinski definition) is 0. The monoisotopic (exact) mass is 409 g/mol. The molecule has 0 fully saturated rings. The molecule has 1 aromatic heterocycles. The number of benzene rings is 2. The molecule has 26 heavy (non-hydrogen) atoms. The maximum atomic E-state index is 12.3. The lowest BCUT2D eigenvalue weighted by atomic mass is 10.2. The first-order chi connectivity index (χ1) is 12.6.